The predicted octanol–water partition coefficient (Wildman–Crippen LogP) is 3.52. The highest BCUT2D eigenvalue weighted by Crippen LogP contribution is 2.14. The normalized spacial score (nSPS) is 12.2. The van der Waals surface area contributed by atoms with Crippen molar-refractivity contribution in [2.24, 2.45) is 4.40 Å². The Morgan fingerprint density at radius 1 is 1.00 bits per heavy atom. The van der Waals surface area contributed by atoms with Crippen LogP contribution in [0.4, 0.5) is 5.69 Å². The van der Waals surface area contributed by atoms with E-state index >= 15 is 0 Å². The summed E-state index contributed by atoms with van der Waals surface area (Å²) < 4.78 is 28.2. The molecule has 0 atom stereocenters. The van der Waals surface area contributed by atoms with Crippen molar-refractivity contribution in [2.75, 3.05) is 5.32 Å². The van der Waals surface area contributed by atoms with Gasteiger partial charge in [0.25, 0.3) is 10.0 Å². The molecule has 0 fully saturated rings. The highest BCUT2D eigenvalue weighted by molar-refractivity contribution is 7.90. The first kappa shape index (κ1) is 15.3. The van der Waals surface area contributed by atoms with Crippen molar-refractivity contribution in [3.05, 3.63) is 59.7 Å². The standard InChI is InChI=1S/C16H18N2O2S/c1-12-7-9-16(10-8-12)21(19,20)18-14(3)17-15-6-4-5-13(2)11-15/h4-11H,1-3H3,(H,17,18). The second-order valence-corrected chi connectivity index (χ2v) is 6.56. The maximum Gasteiger partial charge on any atom is 0.283 e. The van der Waals surface area contributed by atoms with Gasteiger partial charge in [0.1, 0.15) is 5.84 Å². The van der Waals surface area contributed by atoms with E-state index in [4.69, 9.17) is 0 Å². The molecule has 0 saturated carbocycles. The van der Waals surface area contributed by atoms with Crippen LogP contribution in [0, 0.1) is 13.8 Å². The predicted molar refractivity (Wildman–Crippen MR) is 86.3 cm³/mol. The first-order chi connectivity index (χ1) is 9.87. The van der Waals surface area contributed by atoms with E-state index in [1.807, 2.05) is 38.1 Å². The molecular formula is C16H18N2O2S. The highest BCUT2D eigenvalue weighted by Gasteiger charge is 2.12. The van der Waals surface area contributed by atoms with Gasteiger partial charge in [-0.3, -0.25) is 0 Å². The molecule has 2 aromatic carbocycles. The Morgan fingerprint density at radius 3 is 2.29 bits per heavy atom. The summed E-state index contributed by atoms with van der Waals surface area (Å²) in [6.45, 7) is 5.51. The summed E-state index contributed by atoms with van der Waals surface area (Å²) >= 11 is 0. The lowest BCUT2D eigenvalue weighted by Crippen LogP contribution is -2.11. The summed E-state index contributed by atoms with van der Waals surface area (Å²) in [5.41, 5.74) is 2.91. The molecule has 21 heavy (non-hydrogen) atoms. The topological polar surface area (TPSA) is 58.5 Å². The van der Waals surface area contributed by atoms with Crippen molar-refractivity contribution in [1.29, 1.82) is 0 Å². The smallest absolute Gasteiger partial charge is 0.283 e. The summed E-state index contributed by atoms with van der Waals surface area (Å²) in [6, 6.07) is 14.3. The third-order valence-electron chi connectivity index (χ3n) is 2.92. The average Bonchev–Trinajstić information content (AvgIpc) is 2.38. The molecule has 0 aromatic heterocycles. The monoisotopic (exact) mass is 302 g/mol. The zero-order chi connectivity index (χ0) is 15.5. The number of nitrogens with one attached hydrogen (secondary N) is 1. The van der Waals surface area contributed by atoms with E-state index in [2.05, 4.69) is 9.71 Å². The van der Waals surface area contributed by atoms with Gasteiger partial charge in [-0.1, -0.05) is 29.8 Å². The summed E-state index contributed by atoms with van der Waals surface area (Å²) in [6.07, 6.45) is 0. The number of rotatable bonds is 3. The van der Waals surface area contributed by atoms with E-state index in [-0.39, 0.29) is 4.90 Å². The van der Waals surface area contributed by atoms with Crippen LogP contribution in [-0.4, -0.2) is 14.3 Å². The number of aryl methyl sites for hydroxylation is 2. The van der Waals surface area contributed by atoms with E-state index < -0.39 is 10.0 Å². The molecule has 0 unspecified atom stereocenters. The first-order valence-corrected chi connectivity index (χ1v) is 8.03. The van der Waals surface area contributed by atoms with Gasteiger partial charge in [0.05, 0.1) is 4.90 Å². The van der Waals surface area contributed by atoms with Gasteiger partial charge in [-0.2, -0.15) is 8.42 Å². The second-order valence-electron chi connectivity index (χ2n) is 4.96. The Kier molecular flexibility index (Phi) is 4.43. The lowest BCUT2D eigenvalue weighted by atomic mass is 10.2. The van der Waals surface area contributed by atoms with Crippen LogP contribution in [0.25, 0.3) is 0 Å². The van der Waals surface area contributed by atoms with Gasteiger partial charge in [-0.25, -0.2) is 0 Å². The quantitative estimate of drug-likeness (QED) is 0.697. The van der Waals surface area contributed by atoms with Crippen LogP contribution >= 0.6 is 0 Å². The Labute approximate surface area is 125 Å². The van der Waals surface area contributed by atoms with Gasteiger partial charge in [-0.05, 0) is 50.6 Å². The molecule has 2 aromatic rings. The van der Waals surface area contributed by atoms with Gasteiger partial charge >= 0.3 is 0 Å². The van der Waals surface area contributed by atoms with E-state index in [1.54, 1.807) is 31.2 Å². The maximum atomic E-state index is 12.2. The van der Waals surface area contributed by atoms with Gasteiger partial charge in [0, 0.05) is 5.69 Å². The molecule has 0 amide bonds. The van der Waals surface area contributed by atoms with Gasteiger partial charge in [-0.15, -0.1) is 4.40 Å². The molecule has 0 heterocycles. The molecule has 0 aliphatic rings. The van der Waals surface area contributed by atoms with Crippen molar-refractivity contribution in [2.45, 2.75) is 25.7 Å². The van der Waals surface area contributed by atoms with Crippen molar-refractivity contribution in [3.8, 4) is 0 Å². The Morgan fingerprint density at radius 2 is 1.67 bits per heavy atom. The molecule has 2 rings (SSSR count). The SMILES string of the molecule is C/C(=N\S(=O)(=O)c1ccc(C)cc1)Nc1cccc(C)c1. The molecule has 0 aliphatic heterocycles. The van der Waals surface area contributed by atoms with E-state index in [0.29, 0.717) is 5.84 Å². The number of nitrogens with zero attached hydrogens (tertiary/aromatic N) is 1. The summed E-state index contributed by atoms with van der Waals surface area (Å²) in [5, 5.41) is 2.99. The molecule has 110 valence electrons. The van der Waals surface area contributed by atoms with E-state index in [1.165, 1.54) is 0 Å². The van der Waals surface area contributed by atoms with Crippen LogP contribution in [0.3, 0.4) is 0 Å². The Hall–Kier alpha value is -2.14. The van der Waals surface area contributed by atoms with Gasteiger partial charge in [0.2, 0.25) is 0 Å². The van der Waals surface area contributed by atoms with Crippen LogP contribution in [0.5, 0.6) is 0 Å². The van der Waals surface area contributed by atoms with Crippen LogP contribution in [0.15, 0.2) is 57.8 Å². The minimum atomic E-state index is -3.68. The number of hydrogen-bond donors (Lipinski definition) is 1. The maximum absolute atomic E-state index is 12.2. The lowest BCUT2D eigenvalue weighted by molar-refractivity contribution is 0.598. The molecule has 1 N–H and O–H groups in total. The Balaban J connectivity index is 2.23. The van der Waals surface area contributed by atoms with Crippen LogP contribution in [0.2, 0.25) is 0 Å². The Bertz CT molecular complexity index is 763. The van der Waals surface area contributed by atoms with Crippen LogP contribution in [0.1, 0.15) is 18.1 Å². The largest absolute Gasteiger partial charge is 0.343 e. The van der Waals surface area contributed by atoms with Crippen molar-refractivity contribution < 1.29 is 8.42 Å². The molecule has 5 heteroatoms. The van der Waals surface area contributed by atoms with Crippen molar-refractivity contribution >= 4 is 21.5 Å². The number of hydrogen-bond acceptors (Lipinski definition) is 2. The highest BCUT2D eigenvalue weighted by atomic mass is 32.2. The molecule has 0 bridgehead atoms. The number of benzene rings is 2. The zero-order valence-electron chi connectivity index (χ0n) is 12.3. The third-order valence-corrected chi connectivity index (χ3v) is 4.30. The van der Waals surface area contributed by atoms with Crippen molar-refractivity contribution in [1.82, 2.24) is 0 Å². The fourth-order valence-electron chi connectivity index (χ4n) is 1.90. The summed E-state index contributed by atoms with van der Waals surface area (Å²) in [4.78, 5) is 0.193. The minimum absolute atomic E-state index is 0.193. The molecular weight excluding hydrogens is 284 g/mol. The number of sulfonamides is 1. The van der Waals surface area contributed by atoms with E-state index in [9.17, 15) is 8.42 Å². The molecule has 0 aliphatic carbocycles. The fraction of sp³-hybridized carbons (Fsp3) is 0.188. The average molecular weight is 302 g/mol. The third kappa shape index (κ3) is 4.16. The fourth-order valence-corrected chi connectivity index (χ4v) is 2.89. The van der Waals surface area contributed by atoms with Gasteiger partial charge in [0.15, 0.2) is 0 Å². The van der Waals surface area contributed by atoms with E-state index in [0.717, 1.165) is 16.8 Å². The molecule has 0 spiro atoms. The second kappa shape index (κ2) is 6.10. The first-order valence-electron chi connectivity index (χ1n) is 6.59. The molecule has 0 radical (unpaired) electrons. The number of anilines is 1. The van der Waals surface area contributed by atoms with Gasteiger partial charge < -0.3 is 5.32 Å². The van der Waals surface area contributed by atoms with Crippen molar-refractivity contribution in [3.63, 3.8) is 0 Å². The summed E-state index contributed by atoms with van der Waals surface area (Å²) in [5.74, 6) is 0.334. The minimum Gasteiger partial charge on any atom is -0.343 e. The summed E-state index contributed by atoms with van der Waals surface area (Å²) in [7, 11) is -3.68. The van der Waals surface area contributed by atoms with Crippen LogP contribution in [-0.2, 0) is 10.0 Å². The zero-order valence-corrected chi connectivity index (χ0v) is 13.1. The number of amidine groups is 1. The molecule has 4 nitrogen and oxygen atoms in total. The molecule has 0 saturated heterocycles. The van der Waals surface area contributed by atoms with Crippen LogP contribution < -0.4 is 5.32 Å². The lowest BCUT2D eigenvalue weighted by Gasteiger charge is -2.07.